The fourth-order valence-corrected chi connectivity index (χ4v) is 3.33. The van der Waals surface area contributed by atoms with Crippen molar-refractivity contribution in [2.45, 2.75) is 17.0 Å². The Hall–Kier alpha value is -1.31. The maximum absolute atomic E-state index is 8.60. The Morgan fingerprint density at radius 1 is 1.58 bits per heavy atom. The number of benzene rings is 1. The number of halogens is 1. The zero-order valence-corrected chi connectivity index (χ0v) is 12.4. The van der Waals surface area contributed by atoms with Crippen molar-refractivity contribution >= 4 is 40.7 Å². The van der Waals surface area contributed by atoms with Crippen LogP contribution in [0.1, 0.15) is 17.0 Å². The third kappa shape index (κ3) is 3.59. The molecule has 0 atom stereocenters. The SMILES string of the molecule is Cc1nsc(SCc2ccc(/C(N)=N/O)cc2Cl)n1. The maximum Gasteiger partial charge on any atom is 0.170 e. The molecule has 0 bridgehead atoms. The second-order valence-corrected chi connectivity index (χ2v) is 6.07. The molecule has 1 aromatic heterocycles. The van der Waals surface area contributed by atoms with Crippen molar-refractivity contribution in [1.82, 2.24) is 9.36 Å². The van der Waals surface area contributed by atoms with Gasteiger partial charge in [-0.2, -0.15) is 4.37 Å². The highest BCUT2D eigenvalue weighted by atomic mass is 35.5. The van der Waals surface area contributed by atoms with Gasteiger partial charge >= 0.3 is 0 Å². The number of amidine groups is 1. The molecule has 1 aromatic carbocycles. The highest BCUT2D eigenvalue weighted by Crippen LogP contribution is 2.28. The average molecular weight is 315 g/mol. The molecule has 0 fully saturated rings. The summed E-state index contributed by atoms with van der Waals surface area (Å²) in [4.78, 5) is 4.27. The van der Waals surface area contributed by atoms with E-state index in [-0.39, 0.29) is 5.84 Å². The molecule has 0 unspecified atom stereocenters. The van der Waals surface area contributed by atoms with Gasteiger partial charge in [-0.05, 0) is 30.1 Å². The van der Waals surface area contributed by atoms with Gasteiger partial charge in [0.15, 0.2) is 10.2 Å². The summed E-state index contributed by atoms with van der Waals surface area (Å²) in [5.74, 6) is 1.52. The maximum atomic E-state index is 8.60. The van der Waals surface area contributed by atoms with E-state index in [0.29, 0.717) is 16.3 Å². The van der Waals surface area contributed by atoms with Gasteiger partial charge in [-0.1, -0.05) is 40.7 Å². The number of aromatic nitrogens is 2. The summed E-state index contributed by atoms with van der Waals surface area (Å²) in [6.07, 6.45) is 0. The first kappa shape index (κ1) is 14.1. The van der Waals surface area contributed by atoms with Crippen molar-refractivity contribution < 1.29 is 5.21 Å². The van der Waals surface area contributed by atoms with Crippen LogP contribution in [0.2, 0.25) is 5.02 Å². The van der Waals surface area contributed by atoms with Gasteiger partial charge in [0.25, 0.3) is 0 Å². The molecule has 0 amide bonds. The molecule has 0 saturated heterocycles. The van der Waals surface area contributed by atoms with Crippen LogP contribution in [-0.2, 0) is 5.75 Å². The zero-order valence-electron chi connectivity index (χ0n) is 10.00. The molecule has 5 nitrogen and oxygen atoms in total. The number of aryl methyl sites for hydroxylation is 1. The van der Waals surface area contributed by atoms with Crippen LogP contribution in [0.25, 0.3) is 0 Å². The molecule has 1 heterocycles. The molecular formula is C11H11ClN4OS2. The van der Waals surface area contributed by atoms with E-state index >= 15 is 0 Å². The Kier molecular flexibility index (Phi) is 4.62. The van der Waals surface area contributed by atoms with Gasteiger partial charge in [-0.25, -0.2) is 4.98 Å². The van der Waals surface area contributed by atoms with Gasteiger partial charge in [0.05, 0.1) is 0 Å². The summed E-state index contributed by atoms with van der Waals surface area (Å²) in [7, 11) is 0. The van der Waals surface area contributed by atoms with E-state index in [9.17, 15) is 0 Å². The van der Waals surface area contributed by atoms with E-state index in [4.69, 9.17) is 22.5 Å². The largest absolute Gasteiger partial charge is 0.409 e. The Morgan fingerprint density at radius 3 is 2.95 bits per heavy atom. The van der Waals surface area contributed by atoms with Gasteiger partial charge < -0.3 is 10.9 Å². The number of rotatable bonds is 4. The third-order valence-corrected chi connectivity index (χ3v) is 4.64. The molecule has 0 aliphatic rings. The second kappa shape index (κ2) is 6.23. The van der Waals surface area contributed by atoms with Crippen LogP contribution in [0.5, 0.6) is 0 Å². The van der Waals surface area contributed by atoms with Crippen LogP contribution in [0, 0.1) is 6.92 Å². The monoisotopic (exact) mass is 314 g/mol. The van der Waals surface area contributed by atoms with E-state index in [0.717, 1.165) is 15.7 Å². The van der Waals surface area contributed by atoms with Crippen molar-refractivity contribution in [3.8, 4) is 0 Å². The van der Waals surface area contributed by atoms with Crippen LogP contribution in [0.4, 0.5) is 0 Å². The second-order valence-electron chi connectivity index (χ2n) is 3.69. The molecule has 3 N–H and O–H groups in total. The van der Waals surface area contributed by atoms with E-state index in [1.165, 1.54) is 11.5 Å². The highest BCUT2D eigenvalue weighted by molar-refractivity contribution is 8.00. The van der Waals surface area contributed by atoms with Crippen molar-refractivity contribution in [3.05, 3.63) is 40.2 Å². The summed E-state index contributed by atoms with van der Waals surface area (Å²) >= 11 is 9.11. The first-order chi connectivity index (χ1) is 9.10. The molecule has 0 aliphatic carbocycles. The number of hydrogen-bond donors (Lipinski definition) is 2. The molecule has 2 rings (SSSR count). The first-order valence-electron chi connectivity index (χ1n) is 5.29. The minimum Gasteiger partial charge on any atom is -0.409 e. The molecule has 0 radical (unpaired) electrons. The summed E-state index contributed by atoms with van der Waals surface area (Å²) < 4.78 is 5.03. The minimum atomic E-state index is 0.0425. The lowest BCUT2D eigenvalue weighted by molar-refractivity contribution is 0.318. The Bertz CT molecular complexity index is 614. The molecule has 19 heavy (non-hydrogen) atoms. The first-order valence-corrected chi connectivity index (χ1v) is 7.43. The van der Waals surface area contributed by atoms with Crippen LogP contribution in [-0.4, -0.2) is 20.4 Å². The highest BCUT2D eigenvalue weighted by Gasteiger charge is 2.07. The third-order valence-electron chi connectivity index (χ3n) is 2.32. The van der Waals surface area contributed by atoms with Crippen molar-refractivity contribution in [2.24, 2.45) is 10.9 Å². The number of nitrogens with zero attached hydrogens (tertiary/aromatic N) is 3. The van der Waals surface area contributed by atoms with E-state index in [1.807, 2.05) is 13.0 Å². The lowest BCUT2D eigenvalue weighted by Crippen LogP contribution is -2.12. The van der Waals surface area contributed by atoms with Crippen LogP contribution in [0.15, 0.2) is 27.7 Å². The van der Waals surface area contributed by atoms with Crippen LogP contribution >= 0.6 is 34.9 Å². The van der Waals surface area contributed by atoms with Crippen molar-refractivity contribution in [1.29, 1.82) is 0 Å². The van der Waals surface area contributed by atoms with E-state index in [1.54, 1.807) is 23.9 Å². The number of oxime groups is 1. The van der Waals surface area contributed by atoms with Gasteiger partial charge in [-0.15, -0.1) is 0 Å². The molecule has 8 heteroatoms. The normalized spacial score (nSPS) is 11.8. The van der Waals surface area contributed by atoms with Gasteiger partial charge in [0.2, 0.25) is 0 Å². The molecule has 2 aromatic rings. The predicted octanol–water partition coefficient (Wildman–Crippen LogP) is 2.89. The van der Waals surface area contributed by atoms with Crippen LogP contribution in [0.3, 0.4) is 0 Å². The summed E-state index contributed by atoms with van der Waals surface area (Å²) in [6.45, 7) is 1.86. The topological polar surface area (TPSA) is 84.4 Å². The van der Waals surface area contributed by atoms with E-state index < -0.39 is 0 Å². The smallest absolute Gasteiger partial charge is 0.170 e. The van der Waals surface area contributed by atoms with Gasteiger partial charge in [0.1, 0.15) is 5.82 Å². The zero-order chi connectivity index (χ0) is 13.8. The fourth-order valence-electron chi connectivity index (χ4n) is 1.36. The van der Waals surface area contributed by atoms with Gasteiger partial charge in [0, 0.05) is 16.3 Å². The molecule has 100 valence electrons. The molecule has 0 aliphatic heterocycles. The summed E-state index contributed by atoms with van der Waals surface area (Å²) in [6, 6.07) is 5.30. The Balaban J connectivity index is 2.09. The number of nitrogens with two attached hydrogens (primary N) is 1. The minimum absolute atomic E-state index is 0.0425. The molecule has 0 saturated carbocycles. The lowest BCUT2D eigenvalue weighted by Gasteiger charge is -2.05. The fraction of sp³-hybridized carbons (Fsp3) is 0.182. The van der Waals surface area contributed by atoms with E-state index in [2.05, 4.69) is 14.5 Å². The van der Waals surface area contributed by atoms with Crippen LogP contribution < -0.4 is 5.73 Å². The Morgan fingerprint density at radius 2 is 2.37 bits per heavy atom. The standard InChI is InChI=1S/C11H11ClN4OS2/c1-6-14-11(19-16-6)18-5-8-3-2-7(4-9(8)12)10(13)15-17/h2-4,17H,5H2,1H3,(H2,13,15). The molecular weight excluding hydrogens is 304 g/mol. The number of hydrogen-bond acceptors (Lipinski definition) is 6. The predicted molar refractivity (Wildman–Crippen MR) is 78.2 cm³/mol. The molecule has 0 spiro atoms. The quantitative estimate of drug-likeness (QED) is 0.298. The van der Waals surface area contributed by atoms with Crippen molar-refractivity contribution in [2.75, 3.05) is 0 Å². The van der Waals surface area contributed by atoms with Crippen molar-refractivity contribution in [3.63, 3.8) is 0 Å². The van der Waals surface area contributed by atoms with Gasteiger partial charge in [-0.3, -0.25) is 0 Å². The number of thioether (sulfide) groups is 1. The average Bonchev–Trinajstić information content (AvgIpc) is 2.82. The summed E-state index contributed by atoms with van der Waals surface area (Å²) in [5, 5.41) is 12.1. The lowest BCUT2D eigenvalue weighted by atomic mass is 10.1. The summed E-state index contributed by atoms with van der Waals surface area (Å²) in [5.41, 5.74) is 7.06. The Labute approximate surface area is 123 Å².